The first-order valence-corrected chi connectivity index (χ1v) is 10.7. The van der Waals surface area contributed by atoms with Crippen molar-refractivity contribution >= 4 is 0 Å². The number of rotatable bonds is 11. The highest BCUT2D eigenvalue weighted by molar-refractivity contribution is 5.47. The summed E-state index contributed by atoms with van der Waals surface area (Å²) in [7, 11) is 0. The molecule has 1 fully saturated rings. The van der Waals surface area contributed by atoms with Crippen molar-refractivity contribution in [2.24, 2.45) is 10.8 Å². The molecule has 2 nitrogen and oxygen atoms in total. The van der Waals surface area contributed by atoms with E-state index in [1.54, 1.807) is 6.07 Å². The van der Waals surface area contributed by atoms with Gasteiger partial charge in [-0.3, -0.25) is 0 Å². The Bertz CT molecular complexity index is 564. The van der Waals surface area contributed by atoms with Crippen molar-refractivity contribution in [3.63, 3.8) is 0 Å². The van der Waals surface area contributed by atoms with Crippen LogP contribution in [0.5, 0.6) is 11.5 Å². The summed E-state index contributed by atoms with van der Waals surface area (Å²) in [5.41, 5.74) is 3.15. The third kappa shape index (κ3) is 7.60. The molecule has 0 aromatic heterocycles. The minimum absolute atomic E-state index is 0.0534. The van der Waals surface area contributed by atoms with Gasteiger partial charge in [-0.1, -0.05) is 59.4 Å². The molecule has 1 aliphatic carbocycles. The second kappa shape index (κ2) is 9.15. The van der Waals surface area contributed by atoms with Crippen LogP contribution in [-0.2, 0) is 12.8 Å². The maximum absolute atomic E-state index is 10.2. The number of unbranched alkanes of at least 4 members (excludes halogenated alkanes) is 4. The molecular formula is C24H40O2. The van der Waals surface area contributed by atoms with Gasteiger partial charge in [0, 0.05) is 0 Å². The largest absolute Gasteiger partial charge is 0.504 e. The molecule has 0 amide bonds. The maximum atomic E-state index is 10.2. The van der Waals surface area contributed by atoms with Crippen molar-refractivity contribution in [1.29, 1.82) is 0 Å². The fraction of sp³-hybridized carbons (Fsp3) is 0.750. The molecule has 0 spiro atoms. The summed E-state index contributed by atoms with van der Waals surface area (Å²) in [5.74, 6) is 0.143. The van der Waals surface area contributed by atoms with Gasteiger partial charge in [0.25, 0.3) is 0 Å². The van der Waals surface area contributed by atoms with Crippen LogP contribution < -0.4 is 0 Å². The summed E-state index contributed by atoms with van der Waals surface area (Å²) in [5, 5.41) is 20.2. The number of aromatic hydroxyl groups is 2. The predicted octanol–water partition coefficient (Wildman–Crippen LogP) is 7.15. The van der Waals surface area contributed by atoms with Crippen molar-refractivity contribution in [3.05, 3.63) is 23.3 Å². The van der Waals surface area contributed by atoms with Gasteiger partial charge in [-0.2, -0.15) is 0 Å². The van der Waals surface area contributed by atoms with Crippen LogP contribution in [0.2, 0.25) is 0 Å². The zero-order chi connectivity index (χ0) is 19.2. The molecule has 2 heteroatoms. The summed E-state index contributed by atoms with van der Waals surface area (Å²) in [6.45, 7) is 9.25. The third-order valence-electron chi connectivity index (χ3n) is 5.95. The van der Waals surface area contributed by atoms with E-state index < -0.39 is 0 Å². The van der Waals surface area contributed by atoms with E-state index >= 15 is 0 Å². The second-order valence-electron chi connectivity index (χ2n) is 10.1. The number of phenols is 2. The summed E-state index contributed by atoms with van der Waals surface area (Å²) >= 11 is 0. The van der Waals surface area contributed by atoms with E-state index in [2.05, 4.69) is 33.8 Å². The Morgan fingerprint density at radius 2 is 1.54 bits per heavy atom. The van der Waals surface area contributed by atoms with Gasteiger partial charge in [0.05, 0.1) is 0 Å². The van der Waals surface area contributed by atoms with E-state index in [4.69, 9.17) is 0 Å². The van der Waals surface area contributed by atoms with Crippen LogP contribution in [0.3, 0.4) is 0 Å². The highest BCUT2D eigenvalue weighted by atomic mass is 16.3. The standard InChI is InChI=1S/C24H40O2/c1-23(2,3)13-9-6-8-12-20-17-19(18-21(25)22(20)26)11-7-5-10-14-24(4)15-16-24/h17-18,25-26H,5-16H2,1-4H3. The average Bonchev–Trinajstić information content (AvgIpc) is 3.27. The first kappa shape index (κ1) is 21.1. The molecule has 148 valence electrons. The lowest BCUT2D eigenvalue weighted by Crippen LogP contribution is -2.04. The van der Waals surface area contributed by atoms with E-state index in [0.29, 0.717) is 10.8 Å². The van der Waals surface area contributed by atoms with Crippen LogP contribution in [0.15, 0.2) is 12.1 Å². The van der Waals surface area contributed by atoms with Gasteiger partial charge in [-0.25, -0.2) is 0 Å². The molecule has 2 N–H and O–H groups in total. The summed E-state index contributed by atoms with van der Waals surface area (Å²) in [4.78, 5) is 0. The number of hydrogen-bond donors (Lipinski definition) is 2. The Morgan fingerprint density at radius 1 is 0.885 bits per heavy atom. The van der Waals surface area contributed by atoms with Crippen LogP contribution in [-0.4, -0.2) is 10.2 Å². The van der Waals surface area contributed by atoms with Gasteiger partial charge >= 0.3 is 0 Å². The van der Waals surface area contributed by atoms with Crippen molar-refractivity contribution in [3.8, 4) is 11.5 Å². The van der Waals surface area contributed by atoms with Crippen molar-refractivity contribution in [2.45, 2.75) is 105 Å². The summed E-state index contributed by atoms with van der Waals surface area (Å²) in [6, 6.07) is 3.86. The Hall–Kier alpha value is -1.18. The van der Waals surface area contributed by atoms with Crippen LogP contribution in [0.1, 0.15) is 103 Å². The predicted molar refractivity (Wildman–Crippen MR) is 111 cm³/mol. The normalized spacial score (nSPS) is 16.0. The lowest BCUT2D eigenvalue weighted by Gasteiger charge is -2.17. The minimum Gasteiger partial charge on any atom is -0.504 e. The van der Waals surface area contributed by atoms with Crippen LogP contribution in [0.25, 0.3) is 0 Å². The van der Waals surface area contributed by atoms with Crippen LogP contribution in [0, 0.1) is 10.8 Å². The van der Waals surface area contributed by atoms with E-state index in [-0.39, 0.29) is 11.5 Å². The lowest BCUT2D eigenvalue weighted by molar-refractivity contribution is 0.357. The molecule has 0 atom stereocenters. The van der Waals surface area contributed by atoms with Gasteiger partial charge in [0.1, 0.15) is 0 Å². The van der Waals surface area contributed by atoms with Crippen LogP contribution >= 0.6 is 0 Å². The minimum atomic E-state index is 0.0534. The van der Waals surface area contributed by atoms with Crippen molar-refractivity contribution < 1.29 is 10.2 Å². The highest BCUT2D eigenvalue weighted by Gasteiger charge is 2.35. The number of hydrogen-bond acceptors (Lipinski definition) is 2. The van der Waals surface area contributed by atoms with Gasteiger partial charge in [0.15, 0.2) is 11.5 Å². The van der Waals surface area contributed by atoms with Gasteiger partial charge in [-0.15, -0.1) is 0 Å². The molecule has 0 saturated heterocycles. The zero-order valence-electron chi connectivity index (χ0n) is 17.5. The molecule has 2 rings (SSSR count). The van der Waals surface area contributed by atoms with E-state index in [1.807, 2.05) is 0 Å². The van der Waals surface area contributed by atoms with E-state index in [9.17, 15) is 10.2 Å². The third-order valence-corrected chi connectivity index (χ3v) is 5.95. The maximum Gasteiger partial charge on any atom is 0.160 e. The van der Waals surface area contributed by atoms with E-state index in [1.165, 1.54) is 63.4 Å². The first-order valence-electron chi connectivity index (χ1n) is 10.7. The molecular weight excluding hydrogens is 320 g/mol. The smallest absolute Gasteiger partial charge is 0.160 e. The molecule has 1 aliphatic rings. The number of benzene rings is 1. The molecule has 0 bridgehead atoms. The average molecular weight is 361 g/mol. The molecule has 26 heavy (non-hydrogen) atoms. The first-order chi connectivity index (χ1) is 12.2. The molecule has 0 aliphatic heterocycles. The number of aryl methyl sites for hydroxylation is 2. The van der Waals surface area contributed by atoms with Gasteiger partial charge < -0.3 is 10.2 Å². The Labute approximate surface area is 161 Å². The number of phenolic OH excluding ortho intramolecular Hbond substituents is 2. The fourth-order valence-electron chi connectivity index (χ4n) is 3.75. The Kier molecular flexibility index (Phi) is 7.43. The zero-order valence-corrected chi connectivity index (χ0v) is 17.5. The second-order valence-corrected chi connectivity index (χ2v) is 10.1. The molecule has 0 unspecified atom stereocenters. The van der Waals surface area contributed by atoms with Gasteiger partial charge in [-0.05, 0) is 79.4 Å². The molecule has 0 radical (unpaired) electrons. The quantitative estimate of drug-likeness (QED) is 0.325. The lowest BCUT2D eigenvalue weighted by atomic mass is 9.89. The molecule has 1 saturated carbocycles. The summed E-state index contributed by atoms with van der Waals surface area (Å²) < 4.78 is 0. The van der Waals surface area contributed by atoms with E-state index in [0.717, 1.165) is 24.8 Å². The SMILES string of the molecule is CC(C)(C)CCCCCc1cc(CCCCCC2(C)CC2)cc(O)c1O. The summed E-state index contributed by atoms with van der Waals surface area (Å²) in [6.07, 6.45) is 14.5. The van der Waals surface area contributed by atoms with Crippen molar-refractivity contribution in [1.82, 2.24) is 0 Å². The van der Waals surface area contributed by atoms with Gasteiger partial charge in [0.2, 0.25) is 0 Å². The Morgan fingerprint density at radius 3 is 2.19 bits per heavy atom. The Balaban J connectivity index is 1.73. The highest BCUT2D eigenvalue weighted by Crippen LogP contribution is 2.49. The topological polar surface area (TPSA) is 40.5 Å². The molecule has 1 aromatic rings. The monoisotopic (exact) mass is 360 g/mol. The van der Waals surface area contributed by atoms with Crippen LogP contribution in [0.4, 0.5) is 0 Å². The molecule has 0 heterocycles. The van der Waals surface area contributed by atoms with Crippen molar-refractivity contribution in [2.75, 3.05) is 0 Å². The molecule has 1 aromatic carbocycles. The fourth-order valence-corrected chi connectivity index (χ4v) is 3.75.